The quantitative estimate of drug-likeness (QED) is 0.784. The number of halogens is 1. The highest BCUT2D eigenvalue weighted by molar-refractivity contribution is 7.80. The summed E-state index contributed by atoms with van der Waals surface area (Å²) < 4.78 is 12.9. The van der Waals surface area contributed by atoms with Gasteiger partial charge in [0.2, 0.25) is 5.91 Å². The minimum Gasteiger partial charge on any atom is -0.393 e. The molecule has 0 saturated carbocycles. The van der Waals surface area contributed by atoms with Crippen LogP contribution in [0.15, 0.2) is 24.3 Å². The van der Waals surface area contributed by atoms with Gasteiger partial charge in [-0.25, -0.2) is 4.39 Å². The zero-order valence-corrected chi connectivity index (χ0v) is 10.4. The summed E-state index contributed by atoms with van der Waals surface area (Å²) in [5.74, 6) is -0.508. The van der Waals surface area contributed by atoms with Gasteiger partial charge in [-0.05, 0) is 24.6 Å². The topological polar surface area (TPSA) is 55.1 Å². The van der Waals surface area contributed by atoms with Crippen molar-refractivity contribution in [2.75, 3.05) is 0 Å². The van der Waals surface area contributed by atoms with Crippen molar-refractivity contribution < 1.29 is 9.18 Å². The van der Waals surface area contributed by atoms with Crippen molar-refractivity contribution in [3.63, 3.8) is 0 Å². The van der Waals surface area contributed by atoms with Crippen LogP contribution >= 0.6 is 12.2 Å². The number of rotatable bonds is 5. The minimum absolute atomic E-state index is 0.103. The molecule has 1 amide bonds. The number of nitrogens with two attached hydrogens (primary N) is 1. The summed E-state index contributed by atoms with van der Waals surface area (Å²) in [5, 5.41) is 2.75. The van der Waals surface area contributed by atoms with Gasteiger partial charge in [0.05, 0.1) is 11.4 Å². The van der Waals surface area contributed by atoms with Gasteiger partial charge in [-0.2, -0.15) is 0 Å². The summed E-state index contributed by atoms with van der Waals surface area (Å²) in [6.07, 6.45) is 0.615. The fraction of sp³-hybridized carbons (Fsp3) is 0.333. The van der Waals surface area contributed by atoms with Gasteiger partial charge < -0.3 is 11.1 Å². The van der Waals surface area contributed by atoms with Gasteiger partial charge in [-0.3, -0.25) is 4.79 Å². The van der Waals surface area contributed by atoms with Crippen molar-refractivity contribution >= 4 is 23.1 Å². The lowest BCUT2D eigenvalue weighted by molar-refractivity contribution is -0.120. The van der Waals surface area contributed by atoms with Gasteiger partial charge >= 0.3 is 0 Å². The molecule has 0 radical (unpaired) electrons. The van der Waals surface area contributed by atoms with Crippen LogP contribution in [0.1, 0.15) is 18.9 Å². The van der Waals surface area contributed by atoms with Crippen molar-refractivity contribution in [2.45, 2.75) is 25.8 Å². The molecule has 0 bridgehead atoms. The second kappa shape index (κ2) is 6.30. The summed E-state index contributed by atoms with van der Waals surface area (Å²) >= 11 is 4.75. The molecule has 0 spiro atoms. The van der Waals surface area contributed by atoms with Crippen molar-refractivity contribution in [1.82, 2.24) is 5.32 Å². The first-order valence-electron chi connectivity index (χ1n) is 5.29. The Morgan fingerprint density at radius 2 is 2.29 bits per heavy atom. The molecule has 0 aliphatic heterocycles. The molecule has 1 unspecified atom stereocenters. The Hall–Kier alpha value is -1.49. The van der Waals surface area contributed by atoms with E-state index >= 15 is 0 Å². The normalized spacial score (nSPS) is 11.9. The second-order valence-electron chi connectivity index (χ2n) is 3.95. The molecule has 0 aliphatic carbocycles. The van der Waals surface area contributed by atoms with Gasteiger partial charge in [-0.15, -0.1) is 0 Å². The molecule has 0 saturated heterocycles. The van der Waals surface area contributed by atoms with E-state index in [4.69, 9.17) is 18.0 Å². The average Bonchev–Trinajstić information content (AvgIpc) is 2.14. The number of hydrogen-bond donors (Lipinski definition) is 2. The fourth-order valence-electron chi connectivity index (χ4n) is 1.51. The predicted octanol–water partition coefficient (Wildman–Crippen LogP) is 1.55. The number of carbonyl (C=O) groups excluding carboxylic acids is 1. The summed E-state index contributed by atoms with van der Waals surface area (Å²) in [5.41, 5.74) is 6.02. The van der Waals surface area contributed by atoms with Gasteiger partial charge in [0.1, 0.15) is 5.82 Å². The Morgan fingerprint density at radius 3 is 2.88 bits per heavy atom. The third-order valence-electron chi connectivity index (χ3n) is 2.17. The molecule has 92 valence electrons. The van der Waals surface area contributed by atoms with Gasteiger partial charge in [0.25, 0.3) is 0 Å². The Balaban J connectivity index is 2.47. The Labute approximate surface area is 105 Å². The maximum Gasteiger partial charge on any atom is 0.224 e. The standard InChI is InChI=1S/C12H15FN2OS/c1-8(5-11(14)17)15-12(16)7-9-3-2-4-10(13)6-9/h2-4,6,8H,5,7H2,1H3,(H2,14,17)(H,15,16). The fourth-order valence-corrected chi connectivity index (χ4v) is 1.76. The first kappa shape index (κ1) is 13.6. The minimum atomic E-state index is -0.341. The molecular formula is C12H15FN2OS. The van der Waals surface area contributed by atoms with E-state index in [0.717, 1.165) is 0 Å². The molecule has 1 aromatic rings. The van der Waals surface area contributed by atoms with Gasteiger partial charge in [0, 0.05) is 12.5 Å². The molecule has 0 heterocycles. The van der Waals surface area contributed by atoms with E-state index in [0.29, 0.717) is 17.0 Å². The van der Waals surface area contributed by atoms with E-state index in [1.165, 1.54) is 12.1 Å². The van der Waals surface area contributed by atoms with E-state index in [-0.39, 0.29) is 24.2 Å². The molecule has 0 aromatic heterocycles. The zero-order valence-electron chi connectivity index (χ0n) is 9.57. The van der Waals surface area contributed by atoms with Crippen LogP contribution in [-0.2, 0) is 11.2 Å². The summed E-state index contributed by atoms with van der Waals surface area (Å²) in [7, 11) is 0. The number of benzene rings is 1. The summed E-state index contributed by atoms with van der Waals surface area (Å²) in [6.45, 7) is 1.82. The first-order chi connectivity index (χ1) is 7.97. The van der Waals surface area contributed by atoms with Crippen molar-refractivity contribution in [3.05, 3.63) is 35.6 Å². The number of amides is 1. The molecule has 1 aromatic carbocycles. The van der Waals surface area contributed by atoms with Crippen molar-refractivity contribution in [2.24, 2.45) is 5.73 Å². The Morgan fingerprint density at radius 1 is 1.59 bits per heavy atom. The highest BCUT2D eigenvalue weighted by atomic mass is 32.1. The van der Waals surface area contributed by atoms with Gasteiger partial charge in [-0.1, -0.05) is 24.4 Å². The summed E-state index contributed by atoms with van der Waals surface area (Å²) in [4.78, 5) is 12.0. The van der Waals surface area contributed by atoms with Crippen LogP contribution in [0.3, 0.4) is 0 Å². The van der Waals surface area contributed by atoms with Crippen LogP contribution in [0.4, 0.5) is 4.39 Å². The molecular weight excluding hydrogens is 239 g/mol. The van der Waals surface area contributed by atoms with Crippen LogP contribution in [0.2, 0.25) is 0 Å². The van der Waals surface area contributed by atoms with Crippen LogP contribution in [0, 0.1) is 5.82 Å². The van der Waals surface area contributed by atoms with E-state index in [1.54, 1.807) is 12.1 Å². The lowest BCUT2D eigenvalue weighted by atomic mass is 10.1. The molecule has 5 heteroatoms. The number of thiocarbonyl (C=S) groups is 1. The number of carbonyl (C=O) groups is 1. The number of hydrogen-bond acceptors (Lipinski definition) is 2. The van der Waals surface area contributed by atoms with Crippen molar-refractivity contribution in [3.8, 4) is 0 Å². The largest absolute Gasteiger partial charge is 0.393 e. The SMILES string of the molecule is CC(CC(N)=S)NC(=O)Cc1cccc(F)c1. The third-order valence-corrected chi connectivity index (χ3v) is 2.34. The third kappa shape index (κ3) is 5.40. The monoisotopic (exact) mass is 254 g/mol. The molecule has 3 N–H and O–H groups in total. The molecule has 1 rings (SSSR count). The highest BCUT2D eigenvalue weighted by Crippen LogP contribution is 2.04. The Bertz CT molecular complexity index is 423. The van der Waals surface area contributed by atoms with E-state index in [9.17, 15) is 9.18 Å². The van der Waals surface area contributed by atoms with E-state index in [2.05, 4.69) is 5.32 Å². The van der Waals surface area contributed by atoms with Crippen molar-refractivity contribution in [1.29, 1.82) is 0 Å². The lowest BCUT2D eigenvalue weighted by Gasteiger charge is -2.12. The summed E-state index contributed by atoms with van der Waals surface area (Å²) in [6, 6.07) is 5.87. The first-order valence-corrected chi connectivity index (χ1v) is 5.70. The molecule has 17 heavy (non-hydrogen) atoms. The molecule has 1 atom stereocenters. The maximum atomic E-state index is 12.9. The molecule has 0 aliphatic rings. The van der Waals surface area contributed by atoms with E-state index < -0.39 is 0 Å². The van der Waals surface area contributed by atoms with Crippen LogP contribution in [0.5, 0.6) is 0 Å². The van der Waals surface area contributed by atoms with Gasteiger partial charge in [0.15, 0.2) is 0 Å². The second-order valence-corrected chi connectivity index (χ2v) is 4.47. The van der Waals surface area contributed by atoms with Crippen LogP contribution < -0.4 is 11.1 Å². The van der Waals surface area contributed by atoms with E-state index in [1.807, 2.05) is 6.92 Å². The highest BCUT2D eigenvalue weighted by Gasteiger charge is 2.09. The molecule has 3 nitrogen and oxygen atoms in total. The number of nitrogens with one attached hydrogen (secondary N) is 1. The maximum absolute atomic E-state index is 12.9. The zero-order chi connectivity index (χ0) is 12.8. The van der Waals surface area contributed by atoms with Crippen LogP contribution in [0.25, 0.3) is 0 Å². The Kier molecular flexibility index (Phi) is 5.03. The smallest absolute Gasteiger partial charge is 0.224 e. The average molecular weight is 254 g/mol. The lowest BCUT2D eigenvalue weighted by Crippen LogP contribution is -2.36. The van der Waals surface area contributed by atoms with Crippen LogP contribution in [-0.4, -0.2) is 16.9 Å². The molecule has 0 fully saturated rings. The predicted molar refractivity (Wildman–Crippen MR) is 69.1 cm³/mol.